The third-order valence-corrected chi connectivity index (χ3v) is 6.22. The summed E-state index contributed by atoms with van der Waals surface area (Å²) in [6, 6.07) is 28.7. The van der Waals surface area contributed by atoms with Crippen molar-refractivity contribution in [1.29, 1.82) is 0 Å². The highest BCUT2D eigenvalue weighted by Crippen LogP contribution is 2.37. The highest BCUT2D eigenvalue weighted by molar-refractivity contribution is 5.91. The van der Waals surface area contributed by atoms with Gasteiger partial charge in [-0.3, -0.25) is 0 Å². The second-order valence-corrected chi connectivity index (χ2v) is 8.32. The van der Waals surface area contributed by atoms with E-state index in [0.29, 0.717) is 6.54 Å². The van der Waals surface area contributed by atoms with Gasteiger partial charge in [0.1, 0.15) is 0 Å². The summed E-state index contributed by atoms with van der Waals surface area (Å²) in [5.74, 6) is 0. The molecule has 5 rings (SSSR count). The quantitative estimate of drug-likeness (QED) is 0.404. The van der Waals surface area contributed by atoms with Crippen molar-refractivity contribution in [2.45, 2.75) is 32.9 Å². The molecule has 0 saturated carbocycles. The van der Waals surface area contributed by atoms with Crippen molar-refractivity contribution in [1.82, 2.24) is 9.47 Å². The fraction of sp³-hybridized carbons (Fsp3) is 0.179. The molecule has 0 fully saturated rings. The Balaban J connectivity index is 1.64. The second kappa shape index (κ2) is 8.39. The van der Waals surface area contributed by atoms with Crippen molar-refractivity contribution >= 4 is 11.7 Å². The molecule has 4 heteroatoms. The largest absolute Gasteiger partial charge is 0.322 e. The van der Waals surface area contributed by atoms with Gasteiger partial charge in [0.15, 0.2) is 0 Å². The average molecular weight is 422 g/mol. The van der Waals surface area contributed by atoms with Crippen LogP contribution in [-0.4, -0.2) is 15.5 Å². The van der Waals surface area contributed by atoms with Gasteiger partial charge in [-0.1, -0.05) is 73.2 Å². The van der Waals surface area contributed by atoms with Crippen molar-refractivity contribution in [3.63, 3.8) is 0 Å². The third-order valence-electron chi connectivity index (χ3n) is 6.22. The summed E-state index contributed by atoms with van der Waals surface area (Å²) in [6.07, 6.45) is 2.95. The van der Waals surface area contributed by atoms with Crippen LogP contribution in [-0.2, 0) is 13.0 Å². The molecule has 0 bridgehead atoms. The van der Waals surface area contributed by atoms with Crippen molar-refractivity contribution in [3.05, 3.63) is 119 Å². The van der Waals surface area contributed by atoms with Crippen molar-refractivity contribution in [2.24, 2.45) is 0 Å². The Kier molecular flexibility index (Phi) is 5.28. The van der Waals surface area contributed by atoms with E-state index in [-0.39, 0.29) is 12.1 Å². The first-order chi connectivity index (χ1) is 15.7. The predicted molar refractivity (Wildman–Crippen MR) is 129 cm³/mol. The summed E-state index contributed by atoms with van der Waals surface area (Å²) in [5, 5.41) is 3.20. The number of fused-ring (bicyclic) bond motifs is 3. The summed E-state index contributed by atoms with van der Waals surface area (Å²) in [6.45, 7) is 4.72. The molecule has 160 valence electrons. The summed E-state index contributed by atoms with van der Waals surface area (Å²) >= 11 is 0. The van der Waals surface area contributed by atoms with E-state index in [9.17, 15) is 4.79 Å². The molecule has 1 atom stereocenters. The molecule has 4 aromatic rings. The Labute approximate surface area is 189 Å². The number of hydrogen-bond donors (Lipinski definition) is 1. The first kappa shape index (κ1) is 20.1. The minimum atomic E-state index is -0.203. The lowest BCUT2D eigenvalue weighted by molar-refractivity contribution is 0.194. The van der Waals surface area contributed by atoms with Gasteiger partial charge in [-0.25, -0.2) is 4.79 Å². The zero-order valence-electron chi connectivity index (χ0n) is 18.5. The summed E-state index contributed by atoms with van der Waals surface area (Å²) in [7, 11) is 0. The van der Waals surface area contributed by atoms with Crippen LogP contribution in [0.2, 0.25) is 0 Å². The van der Waals surface area contributed by atoms with E-state index < -0.39 is 0 Å². The first-order valence-electron chi connectivity index (χ1n) is 11.1. The fourth-order valence-corrected chi connectivity index (χ4v) is 4.67. The minimum Gasteiger partial charge on any atom is -0.318 e. The van der Waals surface area contributed by atoms with Gasteiger partial charge in [-0.2, -0.15) is 0 Å². The molecule has 4 nitrogen and oxygen atoms in total. The van der Waals surface area contributed by atoms with E-state index in [1.165, 1.54) is 5.56 Å². The standard InChI is InChI=1S/C28H27N3O/c1-3-21-11-4-6-14-24(21)29-28(32)31-19-23-12-5-7-15-25(23)30-17-9-16-26(30)27(31)22-13-8-10-20(2)18-22/h4-18,27H,3,19H2,1-2H3,(H,29,32)/t27-/m0/s1. The number of benzene rings is 3. The van der Waals surface area contributed by atoms with Crippen molar-refractivity contribution in [2.75, 3.05) is 5.32 Å². The number of urea groups is 1. The number of carbonyl (C=O) groups is 1. The van der Waals surface area contributed by atoms with Gasteiger partial charge >= 0.3 is 6.03 Å². The number of nitrogens with zero attached hydrogens (tertiary/aromatic N) is 2. The van der Waals surface area contributed by atoms with Crippen LogP contribution in [0, 0.1) is 6.92 Å². The van der Waals surface area contributed by atoms with Crippen LogP contribution >= 0.6 is 0 Å². The van der Waals surface area contributed by atoms with Crippen LogP contribution in [0.25, 0.3) is 5.69 Å². The number of hydrogen-bond acceptors (Lipinski definition) is 1. The maximum absolute atomic E-state index is 13.8. The molecule has 0 radical (unpaired) electrons. The average Bonchev–Trinajstić information content (AvgIpc) is 3.23. The third kappa shape index (κ3) is 3.58. The molecule has 2 amide bonds. The molecule has 1 aromatic heterocycles. The van der Waals surface area contributed by atoms with Gasteiger partial charge in [0, 0.05) is 17.6 Å². The number of aryl methyl sites for hydroxylation is 2. The number of amides is 2. The maximum atomic E-state index is 13.8. The molecule has 2 heterocycles. The van der Waals surface area contributed by atoms with E-state index in [1.54, 1.807) is 0 Å². The molecule has 1 aliphatic rings. The van der Waals surface area contributed by atoms with Crippen molar-refractivity contribution < 1.29 is 4.79 Å². The van der Waals surface area contributed by atoms with Crippen LogP contribution in [0.3, 0.4) is 0 Å². The Bertz CT molecular complexity index is 1270. The molecule has 32 heavy (non-hydrogen) atoms. The van der Waals surface area contributed by atoms with Gasteiger partial charge in [0.2, 0.25) is 0 Å². The van der Waals surface area contributed by atoms with E-state index in [4.69, 9.17) is 0 Å². The van der Waals surface area contributed by atoms with E-state index in [0.717, 1.165) is 40.2 Å². The fourth-order valence-electron chi connectivity index (χ4n) is 4.67. The highest BCUT2D eigenvalue weighted by atomic mass is 16.2. The molecule has 3 aromatic carbocycles. The molecule has 0 saturated heterocycles. The van der Waals surface area contributed by atoms with Crippen LogP contribution in [0.4, 0.5) is 10.5 Å². The van der Waals surface area contributed by atoms with Gasteiger partial charge in [-0.05, 0) is 54.3 Å². The van der Waals surface area contributed by atoms with Crippen LogP contribution in [0.5, 0.6) is 0 Å². The van der Waals surface area contributed by atoms with Crippen LogP contribution < -0.4 is 5.32 Å². The SMILES string of the molecule is CCc1ccccc1NC(=O)N1Cc2ccccc2-n2cccc2[C@@H]1c1cccc(C)c1. The zero-order valence-corrected chi connectivity index (χ0v) is 18.5. The summed E-state index contributed by atoms with van der Waals surface area (Å²) in [4.78, 5) is 15.8. The van der Waals surface area contributed by atoms with E-state index in [2.05, 4.69) is 90.6 Å². The molecule has 0 spiro atoms. The number of nitrogens with one attached hydrogen (secondary N) is 1. The normalized spacial score (nSPS) is 14.9. The Morgan fingerprint density at radius 3 is 2.62 bits per heavy atom. The molecule has 1 aliphatic heterocycles. The predicted octanol–water partition coefficient (Wildman–Crippen LogP) is 6.49. The van der Waals surface area contributed by atoms with Crippen molar-refractivity contribution in [3.8, 4) is 5.69 Å². The number of para-hydroxylation sites is 2. The lowest BCUT2D eigenvalue weighted by atomic mass is 10.00. The number of carbonyl (C=O) groups excluding carboxylic acids is 1. The monoisotopic (exact) mass is 421 g/mol. The molecular formula is C28H27N3O. The number of aromatic nitrogens is 1. The lowest BCUT2D eigenvalue weighted by Gasteiger charge is -2.31. The van der Waals surface area contributed by atoms with Gasteiger partial charge < -0.3 is 14.8 Å². The smallest absolute Gasteiger partial charge is 0.318 e. The minimum absolute atomic E-state index is 0.0955. The van der Waals surface area contributed by atoms with E-state index >= 15 is 0 Å². The molecular weight excluding hydrogens is 394 g/mol. The van der Waals surface area contributed by atoms with Gasteiger partial charge in [-0.15, -0.1) is 0 Å². The summed E-state index contributed by atoms with van der Waals surface area (Å²) < 4.78 is 2.22. The van der Waals surface area contributed by atoms with Gasteiger partial charge in [0.05, 0.1) is 18.3 Å². The number of anilines is 1. The molecule has 0 aliphatic carbocycles. The van der Waals surface area contributed by atoms with Crippen LogP contribution in [0.15, 0.2) is 91.1 Å². The number of rotatable bonds is 3. The first-order valence-corrected chi connectivity index (χ1v) is 11.1. The Morgan fingerprint density at radius 1 is 0.969 bits per heavy atom. The second-order valence-electron chi connectivity index (χ2n) is 8.32. The molecule has 1 N–H and O–H groups in total. The summed E-state index contributed by atoms with van der Waals surface area (Å²) in [5.41, 5.74) is 7.62. The lowest BCUT2D eigenvalue weighted by Crippen LogP contribution is -2.38. The Morgan fingerprint density at radius 2 is 1.78 bits per heavy atom. The maximum Gasteiger partial charge on any atom is 0.322 e. The van der Waals surface area contributed by atoms with E-state index in [1.807, 2.05) is 29.2 Å². The zero-order chi connectivity index (χ0) is 22.1. The molecule has 0 unspecified atom stereocenters. The Hall–Kier alpha value is -3.79. The van der Waals surface area contributed by atoms with Gasteiger partial charge in [0.25, 0.3) is 0 Å². The highest BCUT2D eigenvalue weighted by Gasteiger charge is 2.33. The topological polar surface area (TPSA) is 37.3 Å². The van der Waals surface area contributed by atoms with Crippen LogP contribution in [0.1, 0.15) is 40.9 Å².